The summed E-state index contributed by atoms with van der Waals surface area (Å²) in [6, 6.07) is 2.60. The first-order chi connectivity index (χ1) is 14.9. The second kappa shape index (κ2) is 8.94. The zero-order chi connectivity index (χ0) is 23.8. The molecular weight excluding hydrogens is 471 g/mol. The lowest BCUT2D eigenvalue weighted by Crippen LogP contribution is -2.38. The summed E-state index contributed by atoms with van der Waals surface area (Å²) in [5, 5.41) is 2.55. The second-order valence-electron chi connectivity index (χ2n) is 6.73. The summed E-state index contributed by atoms with van der Waals surface area (Å²) in [6.45, 7) is 1.79. The van der Waals surface area contributed by atoms with E-state index in [1.165, 1.54) is 18.7 Å². The summed E-state index contributed by atoms with van der Waals surface area (Å²) >= 11 is 6.81. The Morgan fingerprint density at radius 3 is 2.50 bits per heavy atom. The number of rotatable bonds is 5. The Morgan fingerprint density at radius 2 is 1.88 bits per heavy atom. The second-order valence-corrected chi connectivity index (χ2v) is 8.10. The number of nitrogens with zero attached hydrogens (tertiary/aromatic N) is 4. The summed E-state index contributed by atoms with van der Waals surface area (Å²) in [7, 11) is 2.78. The minimum Gasteiger partial charge on any atom is -0.324 e. The highest BCUT2D eigenvalue weighted by Gasteiger charge is 2.31. The van der Waals surface area contributed by atoms with Crippen LogP contribution < -0.4 is 16.6 Å². The van der Waals surface area contributed by atoms with Crippen LogP contribution in [0.15, 0.2) is 32.8 Å². The molecule has 1 aromatic carbocycles. The average Bonchev–Trinajstić information content (AvgIpc) is 2.74. The highest BCUT2D eigenvalue weighted by atomic mass is 35.5. The van der Waals surface area contributed by atoms with Crippen molar-refractivity contribution in [3.63, 3.8) is 0 Å². The number of fused-ring (bicyclic) bond motifs is 1. The minimum absolute atomic E-state index is 0.0547. The van der Waals surface area contributed by atoms with Gasteiger partial charge in [0.2, 0.25) is 5.91 Å². The zero-order valence-electron chi connectivity index (χ0n) is 17.1. The van der Waals surface area contributed by atoms with Crippen molar-refractivity contribution < 1.29 is 18.0 Å². The SMILES string of the molecule is CCc1nc(SCC(=O)Nc2cc(C(F)(F)F)ccc2Cl)c2c(=O)n(C)c(=O)n(C)c2n1. The normalized spacial score (nSPS) is 11.7. The average molecular weight is 488 g/mol. The van der Waals surface area contributed by atoms with Gasteiger partial charge in [0.05, 0.1) is 22.0 Å². The molecule has 170 valence electrons. The molecule has 13 heteroatoms. The van der Waals surface area contributed by atoms with Gasteiger partial charge in [-0.2, -0.15) is 13.2 Å². The van der Waals surface area contributed by atoms with E-state index < -0.39 is 28.9 Å². The molecule has 0 unspecified atom stereocenters. The summed E-state index contributed by atoms with van der Waals surface area (Å²) in [4.78, 5) is 45.8. The van der Waals surface area contributed by atoms with Crippen molar-refractivity contribution in [2.45, 2.75) is 24.5 Å². The van der Waals surface area contributed by atoms with Crippen LogP contribution in [0.3, 0.4) is 0 Å². The number of hydrogen-bond acceptors (Lipinski definition) is 6. The number of benzene rings is 1. The quantitative estimate of drug-likeness (QED) is 0.439. The number of carbonyl (C=O) groups excluding carboxylic acids is 1. The van der Waals surface area contributed by atoms with Crippen LogP contribution in [0.4, 0.5) is 18.9 Å². The first-order valence-corrected chi connectivity index (χ1v) is 10.6. The molecule has 32 heavy (non-hydrogen) atoms. The van der Waals surface area contributed by atoms with Crippen molar-refractivity contribution in [2.24, 2.45) is 14.1 Å². The minimum atomic E-state index is -4.59. The fourth-order valence-electron chi connectivity index (χ4n) is 2.85. The van der Waals surface area contributed by atoms with Gasteiger partial charge < -0.3 is 5.32 Å². The number of anilines is 1. The van der Waals surface area contributed by atoms with Gasteiger partial charge in [0.25, 0.3) is 5.56 Å². The van der Waals surface area contributed by atoms with E-state index in [4.69, 9.17) is 11.6 Å². The lowest BCUT2D eigenvalue weighted by molar-refractivity contribution is -0.137. The van der Waals surface area contributed by atoms with E-state index in [9.17, 15) is 27.6 Å². The van der Waals surface area contributed by atoms with Gasteiger partial charge in [0, 0.05) is 20.5 Å². The van der Waals surface area contributed by atoms with Crippen LogP contribution in [0.25, 0.3) is 11.0 Å². The summed E-state index contributed by atoms with van der Waals surface area (Å²) in [5.74, 6) is -0.555. The predicted octanol–water partition coefficient (Wildman–Crippen LogP) is 2.99. The molecular formula is C19H17ClF3N5O3S. The third kappa shape index (κ3) is 4.65. The van der Waals surface area contributed by atoms with E-state index in [2.05, 4.69) is 15.3 Å². The van der Waals surface area contributed by atoms with Gasteiger partial charge in [-0.1, -0.05) is 30.3 Å². The number of aromatic nitrogens is 4. The lowest BCUT2D eigenvalue weighted by Gasteiger charge is -2.13. The van der Waals surface area contributed by atoms with Crippen LogP contribution in [0.1, 0.15) is 18.3 Å². The molecule has 1 amide bonds. The molecule has 2 aromatic heterocycles. The number of alkyl halides is 3. The van der Waals surface area contributed by atoms with Gasteiger partial charge in [-0.15, -0.1) is 0 Å². The number of amides is 1. The molecule has 8 nitrogen and oxygen atoms in total. The van der Waals surface area contributed by atoms with Gasteiger partial charge in [-0.05, 0) is 18.2 Å². The number of carbonyl (C=O) groups is 1. The number of aryl methyl sites for hydroxylation is 2. The van der Waals surface area contributed by atoms with Crippen molar-refractivity contribution in [1.82, 2.24) is 19.1 Å². The molecule has 0 fully saturated rings. The topological polar surface area (TPSA) is 98.9 Å². The van der Waals surface area contributed by atoms with E-state index in [-0.39, 0.29) is 32.5 Å². The number of nitrogens with one attached hydrogen (secondary N) is 1. The molecule has 0 saturated heterocycles. The molecule has 3 rings (SSSR count). The number of thioether (sulfide) groups is 1. The van der Waals surface area contributed by atoms with Crippen molar-refractivity contribution in [3.8, 4) is 0 Å². The summed E-state index contributed by atoms with van der Waals surface area (Å²) < 4.78 is 40.9. The molecule has 0 radical (unpaired) electrons. The third-order valence-electron chi connectivity index (χ3n) is 4.54. The number of hydrogen-bond donors (Lipinski definition) is 1. The third-order valence-corrected chi connectivity index (χ3v) is 5.84. The predicted molar refractivity (Wildman–Crippen MR) is 115 cm³/mol. The van der Waals surface area contributed by atoms with E-state index in [1.54, 1.807) is 6.92 Å². The van der Waals surface area contributed by atoms with E-state index in [1.807, 2.05) is 0 Å². The van der Waals surface area contributed by atoms with Gasteiger partial charge >= 0.3 is 11.9 Å². The Labute approximate surface area is 188 Å². The van der Waals surface area contributed by atoms with Crippen molar-refractivity contribution >= 4 is 46.0 Å². The molecule has 0 saturated carbocycles. The Kier molecular flexibility index (Phi) is 6.65. The fraction of sp³-hybridized carbons (Fsp3) is 0.316. The maximum Gasteiger partial charge on any atom is 0.416 e. The van der Waals surface area contributed by atoms with Gasteiger partial charge in [0.1, 0.15) is 16.2 Å². The van der Waals surface area contributed by atoms with Crippen LogP contribution in [0.2, 0.25) is 5.02 Å². The molecule has 0 aliphatic carbocycles. The van der Waals surface area contributed by atoms with E-state index >= 15 is 0 Å². The van der Waals surface area contributed by atoms with Crippen LogP contribution >= 0.6 is 23.4 Å². The van der Waals surface area contributed by atoms with Crippen LogP contribution in [-0.2, 0) is 31.5 Å². The Bertz CT molecular complexity index is 1340. The lowest BCUT2D eigenvalue weighted by atomic mass is 10.2. The van der Waals surface area contributed by atoms with E-state index in [0.717, 1.165) is 34.5 Å². The van der Waals surface area contributed by atoms with Crippen LogP contribution in [0, 0.1) is 0 Å². The smallest absolute Gasteiger partial charge is 0.324 e. The number of halogens is 4. The molecule has 0 spiro atoms. The van der Waals surface area contributed by atoms with Crippen molar-refractivity contribution in [3.05, 3.63) is 55.4 Å². The first-order valence-electron chi connectivity index (χ1n) is 9.20. The molecule has 0 bridgehead atoms. The van der Waals surface area contributed by atoms with Crippen molar-refractivity contribution in [2.75, 3.05) is 11.1 Å². The molecule has 2 heterocycles. The molecule has 0 aliphatic rings. The van der Waals surface area contributed by atoms with Gasteiger partial charge in [-0.3, -0.25) is 18.7 Å². The molecule has 0 aliphatic heterocycles. The maximum atomic E-state index is 12.9. The Hall–Kier alpha value is -2.86. The molecule has 0 atom stereocenters. The summed E-state index contributed by atoms with van der Waals surface area (Å²) in [6.07, 6.45) is -4.18. The Balaban J connectivity index is 1.92. The maximum absolute atomic E-state index is 12.9. The van der Waals surface area contributed by atoms with Gasteiger partial charge in [-0.25, -0.2) is 14.8 Å². The zero-order valence-corrected chi connectivity index (χ0v) is 18.7. The van der Waals surface area contributed by atoms with Gasteiger partial charge in [0.15, 0.2) is 5.65 Å². The monoisotopic (exact) mass is 487 g/mol. The Morgan fingerprint density at radius 1 is 1.19 bits per heavy atom. The summed E-state index contributed by atoms with van der Waals surface area (Å²) in [5.41, 5.74) is -2.18. The molecule has 3 aromatic rings. The van der Waals surface area contributed by atoms with Crippen LogP contribution in [0.5, 0.6) is 0 Å². The van der Waals surface area contributed by atoms with Crippen molar-refractivity contribution in [1.29, 1.82) is 0 Å². The van der Waals surface area contributed by atoms with Crippen LogP contribution in [-0.4, -0.2) is 30.8 Å². The molecule has 1 N–H and O–H groups in total. The standard InChI is InChI=1S/C19H17ClF3N5O3S/c1-4-12-25-15-14(17(30)28(3)18(31)27(15)2)16(26-12)32-8-13(29)24-11-7-9(19(21,22)23)5-6-10(11)20/h5-7H,4,8H2,1-3H3,(H,24,29). The highest BCUT2D eigenvalue weighted by Crippen LogP contribution is 2.34. The first kappa shape index (κ1) is 23.8. The highest BCUT2D eigenvalue weighted by molar-refractivity contribution is 8.00. The fourth-order valence-corrected chi connectivity index (χ4v) is 3.85. The largest absolute Gasteiger partial charge is 0.416 e. The van der Waals surface area contributed by atoms with E-state index in [0.29, 0.717) is 12.2 Å².